The summed E-state index contributed by atoms with van der Waals surface area (Å²) < 4.78 is 0. The Labute approximate surface area is 97.7 Å². The summed E-state index contributed by atoms with van der Waals surface area (Å²) in [5, 5.41) is 0. The first-order valence-electron chi connectivity index (χ1n) is 5.55. The van der Waals surface area contributed by atoms with E-state index in [1.165, 1.54) is 24.3 Å². The van der Waals surface area contributed by atoms with Crippen molar-refractivity contribution in [1.29, 1.82) is 0 Å². The van der Waals surface area contributed by atoms with Gasteiger partial charge in [-0.25, -0.2) is 0 Å². The van der Waals surface area contributed by atoms with Gasteiger partial charge in [-0.2, -0.15) is 0 Å². The summed E-state index contributed by atoms with van der Waals surface area (Å²) in [6, 6.07) is 8.82. The van der Waals surface area contributed by atoms with Crippen molar-refractivity contribution in [3.8, 4) is 0 Å². The first-order chi connectivity index (χ1) is 7.75. The van der Waals surface area contributed by atoms with Crippen LogP contribution in [0.4, 0.5) is 5.69 Å². The molecule has 88 valence electrons. The van der Waals surface area contributed by atoms with Crippen molar-refractivity contribution in [2.45, 2.75) is 6.92 Å². The van der Waals surface area contributed by atoms with Crippen LogP contribution in [0.25, 0.3) is 0 Å². The van der Waals surface area contributed by atoms with Gasteiger partial charge in [-0.05, 0) is 26.1 Å². The normalized spacial score (nSPS) is 16.5. The van der Waals surface area contributed by atoms with Crippen LogP contribution in [0.15, 0.2) is 24.3 Å². The van der Waals surface area contributed by atoms with Gasteiger partial charge in [0.1, 0.15) is 6.79 Å². The number of likely N-dealkylation sites (N-methyl/N-ethyl adjacent to an activating group) is 1. The van der Waals surface area contributed by atoms with Gasteiger partial charge in [0.25, 0.3) is 0 Å². The minimum atomic E-state index is 1.15. The Bertz CT molecular complexity index is 302. The third-order valence-corrected chi connectivity index (χ3v) is 2.90. The molecule has 0 spiro atoms. The van der Waals surface area contributed by atoms with Gasteiger partial charge in [0.2, 0.25) is 0 Å². The second-order valence-electron chi connectivity index (χ2n) is 4.13. The summed E-state index contributed by atoms with van der Waals surface area (Å²) >= 11 is 0. The molecule has 0 N–H and O–H groups in total. The second-order valence-corrected chi connectivity index (χ2v) is 4.13. The van der Waals surface area contributed by atoms with Gasteiger partial charge < -0.3 is 14.6 Å². The number of nitrogens with zero attached hydrogens (tertiary/aromatic N) is 2. The van der Waals surface area contributed by atoms with Gasteiger partial charge in [0, 0.05) is 31.9 Å². The van der Waals surface area contributed by atoms with E-state index in [0.29, 0.717) is 0 Å². The fraction of sp³-hybridized carbons (Fsp3) is 0.462. The van der Waals surface area contributed by atoms with Crippen LogP contribution >= 0.6 is 0 Å². The van der Waals surface area contributed by atoms with Crippen molar-refractivity contribution < 1.29 is 4.79 Å². The Morgan fingerprint density at radius 3 is 2.00 bits per heavy atom. The molecule has 0 saturated carbocycles. The van der Waals surface area contributed by atoms with Crippen LogP contribution in [0.1, 0.15) is 5.56 Å². The molecule has 1 aliphatic heterocycles. The summed E-state index contributed by atoms with van der Waals surface area (Å²) in [4.78, 5) is 12.8. The highest BCUT2D eigenvalue weighted by atomic mass is 16.1. The molecule has 0 aromatic heterocycles. The number of aryl methyl sites for hydroxylation is 1. The lowest BCUT2D eigenvalue weighted by atomic mass is 10.2. The molecule has 3 heteroatoms. The highest BCUT2D eigenvalue weighted by Gasteiger charge is 2.13. The van der Waals surface area contributed by atoms with Crippen LogP contribution in [0.3, 0.4) is 0 Å². The molecular weight excluding hydrogens is 200 g/mol. The summed E-state index contributed by atoms with van der Waals surface area (Å²) in [5.74, 6) is 0. The van der Waals surface area contributed by atoms with Crippen LogP contribution in [0, 0.1) is 6.92 Å². The first-order valence-corrected chi connectivity index (χ1v) is 5.55. The zero-order chi connectivity index (χ0) is 12.0. The Morgan fingerprint density at radius 2 is 1.50 bits per heavy atom. The highest BCUT2D eigenvalue weighted by Crippen LogP contribution is 2.16. The maximum absolute atomic E-state index is 8.00. The zero-order valence-electron chi connectivity index (χ0n) is 10.1. The predicted octanol–water partition coefficient (Wildman–Crippen LogP) is 1.56. The second kappa shape index (κ2) is 6.28. The molecule has 1 fully saturated rings. The number of piperazine rings is 1. The summed E-state index contributed by atoms with van der Waals surface area (Å²) in [6.07, 6.45) is 0. The van der Waals surface area contributed by atoms with E-state index in [1.54, 1.807) is 0 Å². The fourth-order valence-corrected chi connectivity index (χ4v) is 1.82. The molecule has 0 radical (unpaired) electrons. The maximum Gasteiger partial charge on any atom is 0.106 e. The lowest BCUT2D eigenvalue weighted by Crippen LogP contribution is -2.44. The first kappa shape index (κ1) is 12.7. The van der Waals surface area contributed by atoms with Crippen molar-refractivity contribution in [2.75, 3.05) is 38.1 Å². The van der Waals surface area contributed by atoms with Crippen LogP contribution in [0.2, 0.25) is 0 Å². The number of hydrogen-bond donors (Lipinski definition) is 0. The number of rotatable bonds is 1. The largest absolute Gasteiger partial charge is 0.369 e. The highest BCUT2D eigenvalue weighted by molar-refractivity contribution is 5.47. The Hall–Kier alpha value is -1.35. The minimum absolute atomic E-state index is 1.15. The molecule has 1 heterocycles. The zero-order valence-corrected chi connectivity index (χ0v) is 10.1. The molecule has 3 nitrogen and oxygen atoms in total. The molecule has 0 bridgehead atoms. The summed E-state index contributed by atoms with van der Waals surface area (Å²) in [7, 11) is 2.19. The van der Waals surface area contributed by atoms with Gasteiger partial charge in [-0.1, -0.05) is 17.7 Å². The third kappa shape index (κ3) is 3.35. The van der Waals surface area contributed by atoms with Crippen LogP contribution in [-0.4, -0.2) is 44.9 Å². The summed E-state index contributed by atoms with van der Waals surface area (Å²) in [5.41, 5.74) is 2.70. The molecule has 0 amide bonds. The van der Waals surface area contributed by atoms with Crippen molar-refractivity contribution in [1.82, 2.24) is 4.90 Å². The lowest BCUT2D eigenvalue weighted by Gasteiger charge is -2.34. The van der Waals surface area contributed by atoms with E-state index < -0.39 is 0 Å². The van der Waals surface area contributed by atoms with E-state index in [9.17, 15) is 0 Å². The van der Waals surface area contributed by atoms with E-state index >= 15 is 0 Å². The number of anilines is 1. The Balaban J connectivity index is 0.000000606. The minimum Gasteiger partial charge on any atom is -0.369 e. The molecule has 0 aliphatic carbocycles. The molecule has 1 aliphatic rings. The fourth-order valence-electron chi connectivity index (χ4n) is 1.82. The standard InChI is InChI=1S/C12H18N2.CH2O/c1-11-3-5-12(6-4-11)14-9-7-13(2)8-10-14;1-2/h3-6H,7-10H2,1-2H3;1H2. The van der Waals surface area contributed by atoms with E-state index in [2.05, 4.69) is 48.0 Å². The van der Waals surface area contributed by atoms with E-state index in [0.717, 1.165) is 13.1 Å². The smallest absolute Gasteiger partial charge is 0.106 e. The van der Waals surface area contributed by atoms with Gasteiger partial charge in [0.15, 0.2) is 0 Å². The SMILES string of the molecule is C=O.Cc1ccc(N2CCN(C)CC2)cc1. The van der Waals surface area contributed by atoms with E-state index in [4.69, 9.17) is 4.79 Å². The third-order valence-electron chi connectivity index (χ3n) is 2.90. The molecule has 0 unspecified atom stereocenters. The monoisotopic (exact) mass is 220 g/mol. The van der Waals surface area contributed by atoms with Crippen LogP contribution in [0.5, 0.6) is 0 Å². The molecule has 1 aromatic carbocycles. The molecular formula is C13H20N2O. The average Bonchev–Trinajstić information content (AvgIpc) is 2.34. The topological polar surface area (TPSA) is 23.6 Å². The lowest BCUT2D eigenvalue weighted by molar-refractivity contribution is -0.0979. The predicted molar refractivity (Wildman–Crippen MR) is 68.0 cm³/mol. The quantitative estimate of drug-likeness (QED) is 0.717. The van der Waals surface area contributed by atoms with Gasteiger partial charge in [-0.3, -0.25) is 0 Å². The molecule has 2 rings (SSSR count). The van der Waals surface area contributed by atoms with Crippen LogP contribution < -0.4 is 4.90 Å². The molecule has 16 heavy (non-hydrogen) atoms. The average molecular weight is 220 g/mol. The van der Waals surface area contributed by atoms with E-state index in [-0.39, 0.29) is 0 Å². The number of carbonyl (C=O) groups excluding carboxylic acids is 1. The van der Waals surface area contributed by atoms with Gasteiger partial charge >= 0.3 is 0 Å². The number of hydrogen-bond acceptors (Lipinski definition) is 3. The molecule has 0 atom stereocenters. The Morgan fingerprint density at radius 1 is 1.00 bits per heavy atom. The van der Waals surface area contributed by atoms with E-state index in [1.807, 2.05) is 6.79 Å². The van der Waals surface area contributed by atoms with Crippen molar-refractivity contribution in [3.05, 3.63) is 29.8 Å². The number of carbonyl (C=O) groups is 1. The van der Waals surface area contributed by atoms with Crippen molar-refractivity contribution in [3.63, 3.8) is 0 Å². The molecule has 1 saturated heterocycles. The number of benzene rings is 1. The van der Waals surface area contributed by atoms with Crippen molar-refractivity contribution >= 4 is 12.5 Å². The van der Waals surface area contributed by atoms with Crippen LogP contribution in [-0.2, 0) is 4.79 Å². The summed E-state index contributed by atoms with van der Waals surface area (Å²) in [6.45, 7) is 8.79. The maximum atomic E-state index is 8.00. The Kier molecular flexibility index (Phi) is 4.99. The van der Waals surface area contributed by atoms with Gasteiger partial charge in [0.05, 0.1) is 0 Å². The van der Waals surface area contributed by atoms with Gasteiger partial charge in [-0.15, -0.1) is 0 Å². The van der Waals surface area contributed by atoms with Crippen molar-refractivity contribution in [2.24, 2.45) is 0 Å². The molecule has 1 aromatic rings.